The molecule has 0 bridgehead atoms. The average Bonchev–Trinajstić information content (AvgIpc) is 2.72. The molecule has 0 amide bonds. The van der Waals surface area contributed by atoms with Gasteiger partial charge in [-0.15, -0.1) is 0 Å². The third-order valence-electron chi connectivity index (χ3n) is 2.39. The molecule has 0 radical (unpaired) electrons. The van der Waals surface area contributed by atoms with Gasteiger partial charge in [0.05, 0.1) is 6.61 Å². The SMILES string of the molecule is CCN(CCCN(C)C)c1nc(CO)co1. The molecule has 92 valence electrons. The maximum absolute atomic E-state index is 8.91. The maximum Gasteiger partial charge on any atom is 0.297 e. The molecular formula is C11H21N3O2. The van der Waals surface area contributed by atoms with Crippen LogP contribution in [0.5, 0.6) is 0 Å². The lowest BCUT2D eigenvalue weighted by Crippen LogP contribution is -2.27. The highest BCUT2D eigenvalue weighted by Gasteiger charge is 2.10. The van der Waals surface area contributed by atoms with Gasteiger partial charge in [0.15, 0.2) is 0 Å². The summed E-state index contributed by atoms with van der Waals surface area (Å²) in [5.74, 6) is 0. The maximum atomic E-state index is 8.91. The van der Waals surface area contributed by atoms with E-state index >= 15 is 0 Å². The molecule has 0 saturated carbocycles. The predicted octanol–water partition coefficient (Wildman–Crippen LogP) is 0.945. The highest BCUT2D eigenvalue weighted by Crippen LogP contribution is 2.13. The minimum atomic E-state index is -0.0707. The van der Waals surface area contributed by atoms with Crippen molar-refractivity contribution in [3.05, 3.63) is 12.0 Å². The van der Waals surface area contributed by atoms with Gasteiger partial charge in [-0.05, 0) is 34.0 Å². The molecule has 0 aliphatic heterocycles. The fourth-order valence-corrected chi connectivity index (χ4v) is 1.48. The molecule has 0 spiro atoms. The molecule has 1 aromatic rings. The van der Waals surface area contributed by atoms with E-state index in [4.69, 9.17) is 9.52 Å². The van der Waals surface area contributed by atoms with Gasteiger partial charge >= 0.3 is 0 Å². The van der Waals surface area contributed by atoms with Crippen LogP contribution in [-0.4, -0.2) is 48.7 Å². The number of aromatic nitrogens is 1. The molecule has 5 heteroatoms. The molecular weight excluding hydrogens is 206 g/mol. The predicted molar refractivity (Wildman–Crippen MR) is 63.5 cm³/mol. The van der Waals surface area contributed by atoms with Crippen LogP contribution in [0.2, 0.25) is 0 Å². The third kappa shape index (κ3) is 3.83. The van der Waals surface area contributed by atoms with Crippen molar-refractivity contribution in [2.24, 2.45) is 0 Å². The summed E-state index contributed by atoms with van der Waals surface area (Å²) in [7, 11) is 4.12. The van der Waals surface area contributed by atoms with Crippen molar-refractivity contribution in [2.45, 2.75) is 20.0 Å². The van der Waals surface area contributed by atoms with Gasteiger partial charge < -0.3 is 19.3 Å². The van der Waals surface area contributed by atoms with Crippen LogP contribution in [0.25, 0.3) is 0 Å². The molecule has 1 N–H and O–H groups in total. The minimum absolute atomic E-state index is 0.0707. The van der Waals surface area contributed by atoms with Crippen molar-refractivity contribution < 1.29 is 9.52 Å². The van der Waals surface area contributed by atoms with Gasteiger partial charge in [-0.2, -0.15) is 4.98 Å². The number of rotatable bonds is 7. The van der Waals surface area contributed by atoms with Gasteiger partial charge in [-0.1, -0.05) is 0 Å². The molecule has 0 unspecified atom stereocenters. The van der Waals surface area contributed by atoms with E-state index in [9.17, 15) is 0 Å². The molecule has 16 heavy (non-hydrogen) atoms. The van der Waals surface area contributed by atoms with Crippen molar-refractivity contribution in [1.29, 1.82) is 0 Å². The summed E-state index contributed by atoms with van der Waals surface area (Å²) in [5.41, 5.74) is 0.584. The Balaban J connectivity index is 2.46. The van der Waals surface area contributed by atoms with Crippen LogP contribution in [0.15, 0.2) is 10.7 Å². The first-order chi connectivity index (χ1) is 7.67. The topological polar surface area (TPSA) is 52.7 Å². The van der Waals surface area contributed by atoms with Crippen LogP contribution in [0, 0.1) is 0 Å². The van der Waals surface area contributed by atoms with Crippen molar-refractivity contribution in [3.63, 3.8) is 0 Å². The van der Waals surface area contributed by atoms with Crippen LogP contribution in [-0.2, 0) is 6.61 Å². The van der Waals surface area contributed by atoms with Crippen LogP contribution in [0.1, 0.15) is 19.0 Å². The van der Waals surface area contributed by atoms with Crippen LogP contribution < -0.4 is 4.90 Å². The number of aliphatic hydroxyl groups excluding tert-OH is 1. The largest absolute Gasteiger partial charge is 0.432 e. The van der Waals surface area contributed by atoms with E-state index in [1.54, 1.807) is 0 Å². The molecule has 0 fully saturated rings. The summed E-state index contributed by atoms with van der Waals surface area (Å²) in [6, 6.07) is 0.602. The summed E-state index contributed by atoms with van der Waals surface area (Å²) in [4.78, 5) is 8.42. The third-order valence-corrected chi connectivity index (χ3v) is 2.39. The number of anilines is 1. The van der Waals surface area contributed by atoms with E-state index in [-0.39, 0.29) is 6.61 Å². The van der Waals surface area contributed by atoms with Gasteiger partial charge in [-0.25, -0.2) is 0 Å². The summed E-state index contributed by atoms with van der Waals surface area (Å²) >= 11 is 0. The second-order valence-corrected chi connectivity index (χ2v) is 4.02. The van der Waals surface area contributed by atoms with Crippen molar-refractivity contribution in [3.8, 4) is 0 Å². The van der Waals surface area contributed by atoms with Crippen LogP contribution in [0.3, 0.4) is 0 Å². The Morgan fingerprint density at radius 3 is 2.62 bits per heavy atom. The fraction of sp³-hybridized carbons (Fsp3) is 0.727. The molecule has 0 atom stereocenters. The van der Waals surface area contributed by atoms with Crippen molar-refractivity contribution >= 4 is 6.01 Å². The second kappa shape index (κ2) is 6.50. The average molecular weight is 227 g/mol. The Labute approximate surface area is 96.7 Å². The van der Waals surface area contributed by atoms with E-state index in [1.807, 2.05) is 0 Å². The second-order valence-electron chi connectivity index (χ2n) is 4.02. The quantitative estimate of drug-likeness (QED) is 0.751. The number of hydrogen-bond donors (Lipinski definition) is 1. The van der Waals surface area contributed by atoms with E-state index in [0.29, 0.717) is 11.7 Å². The van der Waals surface area contributed by atoms with Gasteiger partial charge in [0, 0.05) is 13.1 Å². The Morgan fingerprint density at radius 1 is 1.38 bits per heavy atom. The first-order valence-electron chi connectivity index (χ1n) is 5.62. The van der Waals surface area contributed by atoms with Crippen molar-refractivity contribution in [2.75, 3.05) is 38.6 Å². The summed E-state index contributed by atoms with van der Waals surface area (Å²) in [6.45, 7) is 4.82. The molecule has 5 nitrogen and oxygen atoms in total. The lowest BCUT2D eigenvalue weighted by Gasteiger charge is -2.19. The van der Waals surface area contributed by atoms with Gasteiger partial charge in [-0.3, -0.25) is 0 Å². The van der Waals surface area contributed by atoms with Gasteiger partial charge in [0.25, 0.3) is 6.01 Å². The highest BCUT2D eigenvalue weighted by molar-refractivity contribution is 5.26. The molecule has 1 heterocycles. The normalized spacial score (nSPS) is 11.1. The monoisotopic (exact) mass is 227 g/mol. The minimum Gasteiger partial charge on any atom is -0.432 e. The van der Waals surface area contributed by atoms with E-state index in [0.717, 1.165) is 26.1 Å². The van der Waals surface area contributed by atoms with Crippen molar-refractivity contribution in [1.82, 2.24) is 9.88 Å². The molecule has 1 rings (SSSR count). The van der Waals surface area contributed by atoms with Crippen LogP contribution >= 0.6 is 0 Å². The first-order valence-corrected chi connectivity index (χ1v) is 5.62. The van der Waals surface area contributed by atoms with Gasteiger partial charge in [0.2, 0.25) is 0 Å². The standard InChI is InChI=1S/C11H21N3O2/c1-4-14(7-5-6-13(2)3)11-12-10(8-15)9-16-11/h9,15H,4-8H2,1-3H3. The molecule has 0 aromatic carbocycles. The Kier molecular flexibility index (Phi) is 5.28. The molecule has 1 aromatic heterocycles. The number of aliphatic hydroxyl groups is 1. The zero-order chi connectivity index (χ0) is 12.0. The molecule has 0 aliphatic carbocycles. The lowest BCUT2D eigenvalue weighted by molar-refractivity contribution is 0.276. The summed E-state index contributed by atoms with van der Waals surface area (Å²) in [6.07, 6.45) is 2.57. The number of nitrogens with zero attached hydrogens (tertiary/aromatic N) is 3. The van der Waals surface area contributed by atoms with Crippen LogP contribution in [0.4, 0.5) is 6.01 Å². The number of hydrogen-bond acceptors (Lipinski definition) is 5. The number of oxazole rings is 1. The smallest absolute Gasteiger partial charge is 0.297 e. The Hall–Kier alpha value is -1.07. The summed E-state index contributed by atoms with van der Waals surface area (Å²) in [5, 5.41) is 8.91. The Bertz CT molecular complexity index is 299. The lowest BCUT2D eigenvalue weighted by atomic mass is 10.3. The first kappa shape index (κ1) is 13.0. The Morgan fingerprint density at radius 2 is 2.12 bits per heavy atom. The zero-order valence-electron chi connectivity index (χ0n) is 10.3. The fourth-order valence-electron chi connectivity index (χ4n) is 1.48. The summed E-state index contributed by atoms with van der Waals surface area (Å²) < 4.78 is 5.31. The molecule has 0 aliphatic rings. The van der Waals surface area contributed by atoms with E-state index in [1.165, 1.54) is 6.26 Å². The zero-order valence-corrected chi connectivity index (χ0v) is 10.3. The van der Waals surface area contributed by atoms with E-state index in [2.05, 4.69) is 35.8 Å². The van der Waals surface area contributed by atoms with E-state index < -0.39 is 0 Å². The van der Waals surface area contributed by atoms with Gasteiger partial charge in [0.1, 0.15) is 12.0 Å². The molecule has 0 saturated heterocycles. The highest BCUT2D eigenvalue weighted by atomic mass is 16.4.